The fourth-order valence-electron chi connectivity index (χ4n) is 3.19. The van der Waals surface area contributed by atoms with Gasteiger partial charge in [-0.25, -0.2) is 0 Å². The van der Waals surface area contributed by atoms with Crippen LogP contribution in [0, 0.1) is 0 Å². The van der Waals surface area contributed by atoms with Gasteiger partial charge in [0.15, 0.2) is 0 Å². The molecule has 0 radical (unpaired) electrons. The number of halogens is 1. The molecule has 1 unspecified atom stereocenters. The number of benzene rings is 1. The minimum absolute atomic E-state index is 0.708. The van der Waals surface area contributed by atoms with Gasteiger partial charge < -0.3 is 0 Å². The molecule has 0 aromatic heterocycles. The van der Waals surface area contributed by atoms with Crippen molar-refractivity contribution < 1.29 is 0 Å². The lowest BCUT2D eigenvalue weighted by atomic mass is 9.87. The molecule has 86 valence electrons. The highest BCUT2D eigenvalue weighted by Crippen LogP contribution is 2.37. The fraction of sp³-hybridized carbons (Fsp3) is 0.571. The van der Waals surface area contributed by atoms with E-state index in [9.17, 15) is 0 Å². The highest BCUT2D eigenvalue weighted by Gasteiger charge is 2.27. The van der Waals surface area contributed by atoms with Crippen LogP contribution in [0.4, 0.5) is 0 Å². The van der Waals surface area contributed by atoms with E-state index in [-0.39, 0.29) is 0 Å². The molecule has 1 aliphatic heterocycles. The molecule has 0 N–H and O–H groups in total. The van der Waals surface area contributed by atoms with Crippen molar-refractivity contribution in [1.29, 1.82) is 0 Å². The first kappa shape index (κ1) is 10.8. The van der Waals surface area contributed by atoms with Crippen molar-refractivity contribution in [3.8, 4) is 0 Å². The van der Waals surface area contributed by atoms with Crippen LogP contribution in [0.15, 0.2) is 22.7 Å². The molecule has 1 saturated heterocycles. The molecule has 0 saturated carbocycles. The Labute approximate surface area is 106 Å². The molecule has 1 fully saturated rings. The van der Waals surface area contributed by atoms with E-state index in [0.29, 0.717) is 6.04 Å². The quantitative estimate of drug-likeness (QED) is 0.753. The van der Waals surface area contributed by atoms with Gasteiger partial charge in [-0.05, 0) is 68.5 Å². The lowest BCUT2D eigenvalue weighted by molar-refractivity contribution is 0.221. The number of rotatable bonds is 1. The monoisotopic (exact) mass is 279 g/mol. The third kappa shape index (κ3) is 1.93. The van der Waals surface area contributed by atoms with E-state index in [1.54, 1.807) is 11.1 Å². The molecular weight excluding hydrogens is 262 g/mol. The first-order valence-electron chi connectivity index (χ1n) is 6.37. The summed E-state index contributed by atoms with van der Waals surface area (Å²) >= 11 is 3.58. The van der Waals surface area contributed by atoms with E-state index in [2.05, 4.69) is 39.0 Å². The molecular formula is C14H18BrN. The molecule has 3 rings (SSSR count). The van der Waals surface area contributed by atoms with Crippen molar-refractivity contribution in [1.82, 2.24) is 4.90 Å². The number of nitrogens with zero attached hydrogens (tertiary/aromatic N) is 1. The minimum atomic E-state index is 0.708. The Kier molecular flexibility index (Phi) is 3.03. The maximum Gasteiger partial charge on any atom is 0.0350 e. The van der Waals surface area contributed by atoms with Crippen LogP contribution in [0.3, 0.4) is 0 Å². The molecule has 1 aromatic carbocycles. The van der Waals surface area contributed by atoms with Crippen LogP contribution in [-0.4, -0.2) is 18.0 Å². The minimum Gasteiger partial charge on any atom is -0.296 e. The second kappa shape index (κ2) is 4.50. The molecule has 1 heterocycles. The van der Waals surface area contributed by atoms with Crippen molar-refractivity contribution in [3.05, 3.63) is 33.8 Å². The van der Waals surface area contributed by atoms with E-state index in [1.165, 1.54) is 49.7 Å². The van der Waals surface area contributed by atoms with Gasteiger partial charge in [0, 0.05) is 10.5 Å². The van der Waals surface area contributed by atoms with Gasteiger partial charge in [-0.3, -0.25) is 4.90 Å². The first-order chi connectivity index (χ1) is 7.84. The Morgan fingerprint density at radius 2 is 1.94 bits per heavy atom. The Bertz CT molecular complexity index is 382. The summed E-state index contributed by atoms with van der Waals surface area (Å²) in [5, 5.41) is 0. The normalized spacial score (nSPS) is 25.7. The summed E-state index contributed by atoms with van der Waals surface area (Å²) in [6, 6.07) is 7.56. The van der Waals surface area contributed by atoms with Gasteiger partial charge in [-0.1, -0.05) is 22.0 Å². The second-order valence-electron chi connectivity index (χ2n) is 4.99. The third-order valence-electron chi connectivity index (χ3n) is 3.97. The van der Waals surface area contributed by atoms with Crippen LogP contribution >= 0.6 is 15.9 Å². The SMILES string of the molecule is Brc1ccc2c(c1)CCCC2N1CCCC1. The summed E-state index contributed by atoms with van der Waals surface area (Å²) < 4.78 is 1.23. The number of fused-ring (bicyclic) bond motifs is 1. The highest BCUT2D eigenvalue weighted by atomic mass is 79.9. The molecule has 1 atom stereocenters. The molecule has 1 nitrogen and oxygen atoms in total. The molecule has 1 aliphatic carbocycles. The molecule has 0 amide bonds. The van der Waals surface area contributed by atoms with Crippen molar-refractivity contribution in [2.75, 3.05) is 13.1 Å². The van der Waals surface area contributed by atoms with E-state index < -0.39 is 0 Å². The largest absolute Gasteiger partial charge is 0.296 e. The summed E-state index contributed by atoms with van der Waals surface area (Å²) in [6.45, 7) is 2.61. The Hall–Kier alpha value is -0.340. The van der Waals surface area contributed by atoms with Crippen LogP contribution in [0.1, 0.15) is 42.9 Å². The van der Waals surface area contributed by atoms with Crippen LogP contribution < -0.4 is 0 Å². The number of hydrogen-bond donors (Lipinski definition) is 0. The predicted molar refractivity (Wildman–Crippen MR) is 70.6 cm³/mol. The molecule has 0 bridgehead atoms. The zero-order chi connectivity index (χ0) is 11.0. The second-order valence-corrected chi connectivity index (χ2v) is 5.91. The Balaban J connectivity index is 1.93. The van der Waals surface area contributed by atoms with E-state index in [1.807, 2.05) is 0 Å². The average molecular weight is 280 g/mol. The molecule has 2 heteroatoms. The maximum atomic E-state index is 3.58. The topological polar surface area (TPSA) is 3.24 Å². The van der Waals surface area contributed by atoms with Gasteiger partial charge in [0.05, 0.1) is 0 Å². The van der Waals surface area contributed by atoms with Gasteiger partial charge in [-0.15, -0.1) is 0 Å². The van der Waals surface area contributed by atoms with Gasteiger partial charge in [0.1, 0.15) is 0 Å². The fourth-order valence-corrected chi connectivity index (χ4v) is 3.60. The third-order valence-corrected chi connectivity index (χ3v) is 4.46. The smallest absolute Gasteiger partial charge is 0.0350 e. The van der Waals surface area contributed by atoms with E-state index in [0.717, 1.165) is 0 Å². The highest BCUT2D eigenvalue weighted by molar-refractivity contribution is 9.10. The summed E-state index contributed by atoms with van der Waals surface area (Å²) in [7, 11) is 0. The number of aryl methyl sites for hydroxylation is 1. The van der Waals surface area contributed by atoms with Crippen LogP contribution in [0.2, 0.25) is 0 Å². The van der Waals surface area contributed by atoms with Gasteiger partial charge >= 0.3 is 0 Å². The Morgan fingerprint density at radius 3 is 2.75 bits per heavy atom. The predicted octanol–water partition coefficient (Wildman–Crippen LogP) is 3.92. The van der Waals surface area contributed by atoms with E-state index in [4.69, 9.17) is 0 Å². The number of likely N-dealkylation sites (tertiary alicyclic amines) is 1. The zero-order valence-electron chi connectivity index (χ0n) is 9.58. The first-order valence-corrected chi connectivity index (χ1v) is 7.16. The molecule has 0 spiro atoms. The van der Waals surface area contributed by atoms with Crippen LogP contribution in [0.25, 0.3) is 0 Å². The maximum absolute atomic E-state index is 3.58. The zero-order valence-corrected chi connectivity index (χ0v) is 11.2. The summed E-state index contributed by atoms with van der Waals surface area (Å²) in [6.07, 6.45) is 6.75. The Morgan fingerprint density at radius 1 is 1.12 bits per heavy atom. The van der Waals surface area contributed by atoms with Gasteiger partial charge in [0.25, 0.3) is 0 Å². The van der Waals surface area contributed by atoms with Crippen molar-refractivity contribution in [2.24, 2.45) is 0 Å². The summed E-state index contributed by atoms with van der Waals surface area (Å²) in [5.41, 5.74) is 3.16. The van der Waals surface area contributed by atoms with Crippen molar-refractivity contribution >= 4 is 15.9 Å². The van der Waals surface area contributed by atoms with Crippen molar-refractivity contribution in [2.45, 2.75) is 38.1 Å². The molecule has 1 aromatic rings. The van der Waals surface area contributed by atoms with Crippen LogP contribution in [-0.2, 0) is 6.42 Å². The van der Waals surface area contributed by atoms with Gasteiger partial charge in [0.2, 0.25) is 0 Å². The lowest BCUT2D eigenvalue weighted by Crippen LogP contribution is -2.28. The summed E-state index contributed by atoms with van der Waals surface area (Å²) in [4.78, 5) is 2.69. The van der Waals surface area contributed by atoms with Gasteiger partial charge in [-0.2, -0.15) is 0 Å². The lowest BCUT2D eigenvalue weighted by Gasteiger charge is -2.33. The number of hydrogen-bond acceptors (Lipinski definition) is 1. The molecule has 2 aliphatic rings. The van der Waals surface area contributed by atoms with E-state index >= 15 is 0 Å². The molecule has 16 heavy (non-hydrogen) atoms. The average Bonchev–Trinajstić information content (AvgIpc) is 2.81. The van der Waals surface area contributed by atoms with Crippen molar-refractivity contribution in [3.63, 3.8) is 0 Å². The van der Waals surface area contributed by atoms with Crippen LogP contribution in [0.5, 0.6) is 0 Å². The standard InChI is InChI=1S/C14H18BrN/c15-12-6-7-13-11(10-12)4-3-5-14(13)16-8-1-2-9-16/h6-7,10,14H,1-5,8-9H2. The summed E-state index contributed by atoms with van der Waals surface area (Å²) in [5.74, 6) is 0.